The molecule has 1 saturated heterocycles. The molecule has 3 atom stereocenters. The number of nitrogens with one attached hydrogen (secondary N) is 1. The Bertz CT molecular complexity index is 256. The van der Waals surface area contributed by atoms with Crippen LogP contribution in [0.5, 0.6) is 0 Å². The molecule has 0 saturated carbocycles. The fourth-order valence-corrected chi connectivity index (χ4v) is 1.67. The lowest BCUT2D eigenvalue weighted by molar-refractivity contribution is -0.158. The largest absolute Gasteiger partial charge is 0.405 e. The van der Waals surface area contributed by atoms with Gasteiger partial charge in [-0.1, -0.05) is 0 Å². The molecule has 0 amide bonds. The molecule has 1 aliphatic heterocycles. The van der Waals surface area contributed by atoms with Crippen LogP contribution in [0, 0.1) is 17.2 Å². The third-order valence-corrected chi connectivity index (χ3v) is 2.72. The van der Waals surface area contributed by atoms with Gasteiger partial charge in [-0.15, -0.1) is 0 Å². The van der Waals surface area contributed by atoms with Crippen molar-refractivity contribution in [1.82, 2.24) is 5.32 Å². The van der Waals surface area contributed by atoms with Gasteiger partial charge in [0.05, 0.1) is 12.2 Å². The van der Waals surface area contributed by atoms with Crippen molar-refractivity contribution in [2.24, 2.45) is 5.92 Å². The van der Waals surface area contributed by atoms with Crippen LogP contribution in [-0.2, 0) is 4.74 Å². The summed E-state index contributed by atoms with van der Waals surface area (Å²) < 4.78 is 42.1. The summed E-state index contributed by atoms with van der Waals surface area (Å²) in [5.74, 6) is -1.95. The molecule has 0 bridgehead atoms. The first-order valence-corrected chi connectivity index (χ1v) is 5.26. The molecule has 0 aromatic rings. The fourth-order valence-electron chi connectivity index (χ4n) is 1.67. The SMILES string of the molecule is CC(NCC(C#N)C(F)(F)F)C1CCCO1. The average molecular weight is 236 g/mol. The maximum Gasteiger partial charge on any atom is 0.405 e. The first kappa shape index (κ1) is 13.3. The number of nitriles is 1. The maximum absolute atomic E-state index is 12.3. The second-order valence-corrected chi connectivity index (χ2v) is 3.97. The third kappa shape index (κ3) is 3.65. The first-order valence-electron chi connectivity index (χ1n) is 5.26. The second-order valence-electron chi connectivity index (χ2n) is 3.97. The summed E-state index contributed by atoms with van der Waals surface area (Å²) >= 11 is 0. The molecule has 3 nitrogen and oxygen atoms in total. The van der Waals surface area contributed by atoms with Gasteiger partial charge in [0, 0.05) is 19.2 Å². The van der Waals surface area contributed by atoms with Gasteiger partial charge in [-0.2, -0.15) is 18.4 Å². The van der Waals surface area contributed by atoms with Gasteiger partial charge in [-0.05, 0) is 19.8 Å². The van der Waals surface area contributed by atoms with Crippen LogP contribution in [-0.4, -0.2) is 31.5 Å². The summed E-state index contributed by atoms with van der Waals surface area (Å²) in [5.41, 5.74) is 0. The molecule has 1 aliphatic rings. The van der Waals surface area contributed by atoms with Crippen molar-refractivity contribution in [2.45, 2.75) is 38.1 Å². The van der Waals surface area contributed by atoms with Crippen molar-refractivity contribution < 1.29 is 17.9 Å². The number of alkyl halides is 3. The monoisotopic (exact) mass is 236 g/mol. The highest BCUT2D eigenvalue weighted by atomic mass is 19.4. The molecule has 0 radical (unpaired) electrons. The van der Waals surface area contributed by atoms with Gasteiger partial charge in [-0.3, -0.25) is 0 Å². The summed E-state index contributed by atoms with van der Waals surface area (Å²) in [6.45, 7) is 2.07. The lowest BCUT2D eigenvalue weighted by atomic mass is 10.1. The van der Waals surface area contributed by atoms with Gasteiger partial charge in [0.25, 0.3) is 0 Å². The lowest BCUT2D eigenvalue weighted by Gasteiger charge is -2.22. The molecular formula is C10H15F3N2O. The van der Waals surface area contributed by atoms with E-state index in [1.54, 1.807) is 6.92 Å². The van der Waals surface area contributed by atoms with Gasteiger partial charge in [0.1, 0.15) is 0 Å². The third-order valence-electron chi connectivity index (χ3n) is 2.72. The Labute approximate surface area is 92.6 Å². The highest BCUT2D eigenvalue weighted by Gasteiger charge is 2.40. The van der Waals surface area contributed by atoms with E-state index in [4.69, 9.17) is 10.00 Å². The topological polar surface area (TPSA) is 45.0 Å². The van der Waals surface area contributed by atoms with Crippen LogP contribution < -0.4 is 5.32 Å². The molecule has 6 heteroatoms. The Morgan fingerprint density at radius 2 is 2.25 bits per heavy atom. The Balaban J connectivity index is 2.35. The van der Waals surface area contributed by atoms with Crippen LogP contribution in [0.1, 0.15) is 19.8 Å². The average Bonchev–Trinajstić information content (AvgIpc) is 2.68. The Morgan fingerprint density at radius 3 is 2.69 bits per heavy atom. The van der Waals surface area contributed by atoms with Gasteiger partial charge in [0.15, 0.2) is 5.92 Å². The van der Waals surface area contributed by atoms with E-state index < -0.39 is 12.1 Å². The molecule has 1 heterocycles. The molecule has 1 N–H and O–H groups in total. The molecule has 0 aliphatic carbocycles. The zero-order chi connectivity index (χ0) is 12.2. The number of nitrogens with zero attached hydrogens (tertiary/aromatic N) is 1. The van der Waals surface area contributed by atoms with Crippen LogP contribution in [0.25, 0.3) is 0 Å². The van der Waals surface area contributed by atoms with Gasteiger partial charge >= 0.3 is 6.18 Å². The predicted molar refractivity (Wildman–Crippen MR) is 51.6 cm³/mol. The first-order chi connectivity index (χ1) is 7.45. The molecule has 0 spiro atoms. The Morgan fingerprint density at radius 1 is 1.56 bits per heavy atom. The van der Waals surface area contributed by atoms with Crippen LogP contribution in [0.15, 0.2) is 0 Å². The molecule has 3 unspecified atom stereocenters. The number of halogens is 3. The van der Waals surface area contributed by atoms with E-state index in [0.717, 1.165) is 12.8 Å². The maximum atomic E-state index is 12.3. The van der Waals surface area contributed by atoms with E-state index in [1.807, 2.05) is 0 Å². The Hall–Kier alpha value is -0.800. The van der Waals surface area contributed by atoms with Crippen LogP contribution in [0.2, 0.25) is 0 Å². The molecular weight excluding hydrogens is 221 g/mol. The van der Waals surface area contributed by atoms with Crippen LogP contribution in [0.3, 0.4) is 0 Å². The van der Waals surface area contributed by atoms with Crippen LogP contribution >= 0.6 is 0 Å². The molecule has 0 aromatic heterocycles. The smallest absolute Gasteiger partial charge is 0.377 e. The highest BCUT2D eigenvalue weighted by molar-refractivity contribution is 4.91. The number of ether oxygens (including phenoxy) is 1. The number of hydrogen-bond donors (Lipinski definition) is 1. The minimum atomic E-state index is -4.46. The summed E-state index contributed by atoms with van der Waals surface area (Å²) in [5, 5.41) is 11.1. The van der Waals surface area contributed by atoms with E-state index in [1.165, 1.54) is 6.07 Å². The minimum absolute atomic E-state index is 0.0347. The second kappa shape index (κ2) is 5.51. The van der Waals surface area contributed by atoms with Gasteiger partial charge < -0.3 is 10.1 Å². The number of rotatable bonds is 4. The standard InChI is InChI=1S/C10H15F3N2O/c1-7(9-3-2-4-16-9)15-6-8(5-14)10(11,12)13/h7-9,15H,2-4,6H2,1H3. The Kier molecular flexibility index (Phi) is 4.56. The highest BCUT2D eigenvalue weighted by Crippen LogP contribution is 2.25. The molecule has 92 valence electrons. The van der Waals surface area contributed by atoms with Crippen molar-refractivity contribution in [2.75, 3.05) is 13.2 Å². The zero-order valence-corrected chi connectivity index (χ0v) is 9.05. The molecule has 16 heavy (non-hydrogen) atoms. The predicted octanol–water partition coefficient (Wildman–Crippen LogP) is 1.85. The van der Waals surface area contributed by atoms with E-state index >= 15 is 0 Å². The van der Waals surface area contributed by atoms with Crippen molar-refractivity contribution in [3.63, 3.8) is 0 Å². The summed E-state index contributed by atoms with van der Waals surface area (Å²) in [4.78, 5) is 0. The molecule has 0 aromatic carbocycles. The number of hydrogen-bond acceptors (Lipinski definition) is 3. The molecule has 1 fully saturated rings. The summed E-state index contributed by atoms with van der Waals surface area (Å²) in [7, 11) is 0. The lowest BCUT2D eigenvalue weighted by Crippen LogP contribution is -2.42. The molecule has 1 rings (SSSR count). The van der Waals surface area contributed by atoms with Gasteiger partial charge in [-0.25, -0.2) is 0 Å². The van der Waals surface area contributed by atoms with E-state index in [2.05, 4.69) is 5.32 Å². The normalized spacial score (nSPS) is 25.1. The fraction of sp³-hybridized carbons (Fsp3) is 0.900. The van der Waals surface area contributed by atoms with Crippen molar-refractivity contribution in [3.05, 3.63) is 0 Å². The van der Waals surface area contributed by atoms with Crippen LogP contribution in [0.4, 0.5) is 13.2 Å². The summed E-state index contributed by atoms with van der Waals surface area (Å²) in [6.07, 6.45) is -2.69. The van der Waals surface area contributed by atoms with Crippen molar-refractivity contribution in [1.29, 1.82) is 5.26 Å². The van der Waals surface area contributed by atoms with Gasteiger partial charge in [0.2, 0.25) is 0 Å². The minimum Gasteiger partial charge on any atom is -0.377 e. The zero-order valence-electron chi connectivity index (χ0n) is 9.05. The van der Waals surface area contributed by atoms with E-state index in [0.29, 0.717) is 6.61 Å². The summed E-state index contributed by atoms with van der Waals surface area (Å²) in [6, 6.07) is 1.11. The van der Waals surface area contributed by atoms with E-state index in [-0.39, 0.29) is 18.7 Å². The van der Waals surface area contributed by atoms with E-state index in [9.17, 15) is 13.2 Å². The van der Waals surface area contributed by atoms with Crippen molar-refractivity contribution >= 4 is 0 Å². The van der Waals surface area contributed by atoms with Crippen molar-refractivity contribution in [3.8, 4) is 6.07 Å². The quantitative estimate of drug-likeness (QED) is 0.810.